The first kappa shape index (κ1) is 17.6. The van der Waals surface area contributed by atoms with Crippen LogP contribution in [0.25, 0.3) is 0 Å². The zero-order valence-electron chi connectivity index (χ0n) is 11.7. The van der Waals surface area contributed by atoms with E-state index in [2.05, 4.69) is 0 Å². The minimum atomic E-state index is -4.02. The minimum Gasteiger partial charge on any atom is -0.293 e. The molecule has 3 N–H and O–H groups in total. The molecular weight excluding hydrogens is 361 g/mol. The first-order valence-corrected chi connectivity index (χ1v) is 8.58. The molecule has 0 saturated heterocycles. The van der Waals surface area contributed by atoms with E-state index in [0.29, 0.717) is 0 Å². The average Bonchev–Trinajstić information content (AvgIpc) is 2.56. The van der Waals surface area contributed by atoms with E-state index in [0.717, 1.165) is 4.31 Å². The van der Waals surface area contributed by atoms with Crippen molar-refractivity contribution in [3.8, 4) is 0 Å². The Hall–Kier alpha value is -1.80. The lowest BCUT2D eigenvalue weighted by molar-refractivity contribution is -0.119. The summed E-state index contributed by atoms with van der Waals surface area (Å²) in [5, 5.41) is 0.198. The van der Waals surface area contributed by atoms with Crippen molar-refractivity contribution < 1.29 is 13.2 Å². The van der Waals surface area contributed by atoms with Crippen LogP contribution in [0.15, 0.2) is 53.4 Å². The number of nitrogens with two attached hydrogens (primary N) is 1. The number of hydrazine groups is 1. The molecule has 0 atom stereocenters. The van der Waals surface area contributed by atoms with Gasteiger partial charge in [0.05, 0.1) is 20.6 Å². The van der Waals surface area contributed by atoms with Gasteiger partial charge in [-0.15, -0.1) is 0 Å². The van der Waals surface area contributed by atoms with Crippen molar-refractivity contribution >= 4 is 44.8 Å². The van der Waals surface area contributed by atoms with E-state index in [4.69, 9.17) is 29.0 Å². The van der Waals surface area contributed by atoms with Gasteiger partial charge in [-0.25, -0.2) is 14.3 Å². The van der Waals surface area contributed by atoms with Crippen molar-refractivity contribution in [2.24, 2.45) is 5.84 Å². The Labute approximate surface area is 143 Å². The molecule has 0 spiro atoms. The molecule has 0 saturated carbocycles. The van der Waals surface area contributed by atoms with Crippen LogP contribution in [0.4, 0.5) is 5.69 Å². The average molecular weight is 374 g/mol. The highest BCUT2D eigenvalue weighted by Gasteiger charge is 2.28. The number of sulfonamides is 1. The second-order valence-corrected chi connectivity index (χ2v) is 7.11. The lowest BCUT2D eigenvalue weighted by atomic mass is 10.3. The van der Waals surface area contributed by atoms with E-state index in [-0.39, 0.29) is 20.6 Å². The largest absolute Gasteiger partial charge is 0.293 e. The standard InChI is InChI=1S/C14H13Cl2N3O3S/c15-11-7-4-8-12(14(11)16)19(9-13(20)18-17)23(21,22)10-5-2-1-3-6-10/h1-8H,9,17H2,(H,18,20). The van der Waals surface area contributed by atoms with Gasteiger partial charge in [0, 0.05) is 0 Å². The Morgan fingerprint density at radius 2 is 1.74 bits per heavy atom. The molecule has 2 aromatic rings. The second-order valence-electron chi connectivity index (χ2n) is 4.47. The molecule has 0 aliphatic carbocycles. The Morgan fingerprint density at radius 1 is 1.09 bits per heavy atom. The maximum atomic E-state index is 12.9. The third kappa shape index (κ3) is 3.76. The number of carbonyl (C=O) groups excluding carboxylic acids is 1. The van der Waals surface area contributed by atoms with Gasteiger partial charge in [-0.3, -0.25) is 14.5 Å². The quantitative estimate of drug-likeness (QED) is 0.477. The molecule has 122 valence electrons. The zero-order chi connectivity index (χ0) is 17.0. The summed E-state index contributed by atoms with van der Waals surface area (Å²) in [6.45, 7) is -0.534. The SMILES string of the molecule is NNC(=O)CN(c1cccc(Cl)c1Cl)S(=O)(=O)c1ccccc1. The highest BCUT2D eigenvalue weighted by atomic mass is 35.5. The fraction of sp³-hybridized carbons (Fsp3) is 0.0714. The van der Waals surface area contributed by atoms with Crippen LogP contribution in [0, 0.1) is 0 Å². The smallest absolute Gasteiger partial charge is 0.264 e. The van der Waals surface area contributed by atoms with Crippen molar-refractivity contribution in [1.29, 1.82) is 0 Å². The molecular formula is C14H13Cl2N3O3S. The number of halogens is 2. The molecule has 0 fully saturated rings. The lowest BCUT2D eigenvalue weighted by Gasteiger charge is -2.24. The Morgan fingerprint density at radius 3 is 2.35 bits per heavy atom. The number of carbonyl (C=O) groups is 1. The van der Waals surface area contributed by atoms with Gasteiger partial charge in [-0.1, -0.05) is 47.5 Å². The van der Waals surface area contributed by atoms with Gasteiger partial charge >= 0.3 is 0 Å². The van der Waals surface area contributed by atoms with Gasteiger partial charge in [0.1, 0.15) is 6.54 Å². The monoisotopic (exact) mass is 373 g/mol. The van der Waals surface area contributed by atoms with Crippen LogP contribution in [-0.2, 0) is 14.8 Å². The summed E-state index contributed by atoms with van der Waals surface area (Å²) in [5.74, 6) is 4.37. The second kappa shape index (κ2) is 7.18. The van der Waals surface area contributed by atoms with E-state index in [1.165, 1.54) is 30.3 Å². The van der Waals surface area contributed by atoms with E-state index < -0.39 is 22.5 Å². The molecule has 0 aliphatic rings. The van der Waals surface area contributed by atoms with Crippen molar-refractivity contribution in [3.05, 3.63) is 58.6 Å². The number of hydrogen-bond donors (Lipinski definition) is 2. The van der Waals surface area contributed by atoms with Gasteiger partial charge in [-0.2, -0.15) is 0 Å². The Balaban J connectivity index is 2.59. The van der Waals surface area contributed by atoms with Gasteiger partial charge in [0.2, 0.25) is 0 Å². The van der Waals surface area contributed by atoms with Crippen molar-refractivity contribution in [2.75, 3.05) is 10.8 Å². The van der Waals surface area contributed by atoms with Crippen molar-refractivity contribution in [1.82, 2.24) is 5.43 Å². The van der Waals surface area contributed by atoms with Crippen LogP contribution in [0.3, 0.4) is 0 Å². The summed E-state index contributed by atoms with van der Waals surface area (Å²) in [6, 6.07) is 12.2. The molecule has 0 radical (unpaired) electrons. The summed E-state index contributed by atoms with van der Waals surface area (Å²) in [6.07, 6.45) is 0. The molecule has 2 aromatic carbocycles. The number of amides is 1. The molecule has 0 heterocycles. The number of hydrogen-bond acceptors (Lipinski definition) is 4. The molecule has 0 aromatic heterocycles. The zero-order valence-corrected chi connectivity index (χ0v) is 14.1. The third-order valence-electron chi connectivity index (χ3n) is 2.98. The van der Waals surface area contributed by atoms with Gasteiger partial charge in [0.15, 0.2) is 0 Å². The Bertz CT molecular complexity index is 813. The molecule has 23 heavy (non-hydrogen) atoms. The molecule has 0 aliphatic heterocycles. The molecule has 6 nitrogen and oxygen atoms in total. The highest BCUT2D eigenvalue weighted by molar-refractivity contribution is 7.92. The van der Waals surface area contributed by atoms with Crippen LogP contribution >= 0.6 is 23.2 Å². The number of rotatable bonds is 5. The van der Waals surface area contributed by atoms with Crippen molar-refractivity contribution in [2.45, 2.75) is 4.90 Å². The summed E-state index contributed by atoms with van der Waals surface area (Å²) in [4.78, 5) is 11.7. The van der Waals surface area contributed by atoms with Crippen LogP contribution in [0.1, 0.15) is 0 Å². The van der Waals surface area contributed by atoms with E-state index in [1.807, 2.05) is 5.43 Å². The molecule has 0 bridgehead atoms. The van der Waals surface area contributed by atoms with Crippen LogP contribution in [0.2, 0.25) is 10.0 Å². The Kier molecular flexibility index (Phi) is 5.48. The summed E-state index contributed by atoms with van der Waals surface area (Å²) in [7, 11) is -4.02. The van der Waals surface area contributed by atoms with Crippen LogP contribution in [-0.4, -0.2) is 20.9 Å². The maximum absolute atomic E-state index is 12.9. The van der Waals surface area contributed by atoms with Crippen molar-refractivity contribution in [3.63, 3.8) is 0 Å². The molecule has 0 unspecified atom stereocenters. The van der Waals surface area contributed by atoms with E-state index in [9.17, 15) is 13.2 Å². The van der Waals surface area contributed by atoms with Gasteiger partial charge < -0.3 is 0 Å². The molecule has 9 heteroatoms. The summed E-state index contributed by atoms with van der Waals surface area (Å²) in [5.41, 5.74) is 1.99. The number of anilines is 1. The van der Waals surface area contributed by atoms with Gasteiger partial charge in [0.25, 0.3) is 15.9 Å². The first-order chi connectivity index (χ1) is 10.9. The van der Waals surface area contributed by atoms with Gasteiger partial charge in [-0.05, 0) is 24.3 Å². The highest BCUT2D eigenvalue weighted by Crippen LogP contribution is 2.35. The first-order valence-electron chi connectivity index (χ1n) is 6.39. The fourth-order valence-corrected chi connectivity index (χ4v) is 3.78. The number of nitrogens with zero attached hydrogens (tertiary/aromatic N) is 1. The third-order valence-corrected chi connectivity index (χ3v) is 5.56. The number of nitrogens with one attached hydrogen (secondary N) is 1. The van der Waals surface area contributed by atoms with Crippen LogP contribution in [0.5, 0.6) is 0 Å². The predicted molar refractivity (Wildman–Crippen MR) is 89.8 cm³/mol. The maximum Gasteiger partial charge on any atom is 0.264 e. The summed E-state index contributed by atoms with van der Waals surface area (Å²) >= 11 is 12.1. The normalized spacial score (nSPS) is 11.1. The number of benzene rings is 2. The topological polar surface area (TPSA) is 92.5 Å². The fourth-order valence-electron chi connectivity index (χ4n) is 1.88. The molecule has 1 amide bonds. The molecule has 2 rings (SSSR count). The minimum absolute atomic E-state index is 0.0147. The predicted octanol–water partition coefficient (Wildman–Crippen LogP) is 2.18. The summed E-state index contributed by atoms with van der Waals surface area (Å²) < 4.78 is 26.6. The van der Waals surface area contributed by atoms with E-state index in [1.54, 1.807) is 18.2 Å². The van der Waals surface area contributed by atoms with E-state index >= 15 is 0 Å². The van der Waals surface area contributed by atoms with Crippen LogP contribution < -0.4 is 15.6 Å². The lowest BCUT2D eigenvalue weighted by Crippen LogP contribution is -2.43.